The summed E-state index contributed by atoms with van der Waals surface area (Å²) < 4.78 is 6.17. The van der Waals surface area contributed by atoms with Gasteiger partial charge in [0.1, 0.15) is 5.75 Å². The number of hydrogen-bond donors (Lipinski definition) is 1. The Hall–Kier alpha value is -2.32. The lowest BCUT2D eigenvalue weighted by Crippen LogP contribution is -2.15. The van der Waals surface area contributed by atoms with Crippen LogP contribution in [0.25, 0.3) is 10.8 Å². The molecule has 0 saturated carbocycles. The molecule has 0 aliphatic carbocycles. The maximum absolute atomic E-state index is 6.17. The van der Waals surface area contributed by atoms with Crippen LogP contribution in [0.1, 0.15) is 57.7 Å². The van der Waals surface area contributed by atoms with Gasteiger partial charge >= 0.3 is 0 Å². The molecule has 29 heavy (non-hydrogen) atoms. The fourth-order valence-electron chi connectivity index (χ4n) is 3.49. The fraction of sp³-hybridized carbons (Fsp3) is 0.407. The van der Waals surface area contributed by atoms with E-state index in [1.165, 1.54) is 27.5 Å². The van der Waals surface area contributed by atoms with Crippen molar-refractivity contribution < 1.29 is 4.74 Å². The number of ether oxygens (including phenoxy) is 1. The van der Waals surface area contributed by atoms with Crippen molar-refractivity contribution in [1.82, 2.24) is 5.32 Å². The summed E-state index contributed by atoms with van der Waals surface area (Å²) in [5.74, 6) is 1.65. The second-order valence-corrected chi connectivity index (χ2v) is 9.34. The van der Waals surface area contributed by atoms with Crippen LogP contribution in [0.15, 0.2) is 60.7 Å². The molecule has 3 aromatic carbocycles. The van der Waals surface area contributed by atoms with Gasteiger partial charge in [0.25, 0.3) is 0 Å². The van der Waals surface area contributed by atoms with E-state index >= 15 is 0 Å². The van der Waals surface area contributed by atoms with Crippen molar-refractivity contribution in [3.63, 3.8) is 0 Å². The zero-order valence-corrected chi connectivity index (χ0v) is 18.6. The molecule has 3 aromatic rings. The number of nitrogens with one attached hydrogen (secondary N) is 1. The summed E-state index contributed by atoms with van der Waals surface area (Å²) in [6.45, 7) is 13.6. The number of rotatable bonds is 8. The van der Waals surface area contributed by atoms with Crippen molar-refractivity contribution in [2.24, 2.45) is 5.92 Å². The average Bonchev–Trinajstić information content (AvgIpc) is 2.68. The van der Waals surface area contributed by atoms with E-state index in [9.17, 15) is 0 Å². The molecular weight excluding hydrogens is 354 g/mol. The average molecular weight is 390 g/mol. The Kier molecular flexibility index (Phi) is 6.97. The molecule has 0 unspecified atom stereocenters. The third-order valence-corrected chi connectivity index (χ3v) is 5.40. The quantitative estimate of drug-likeness (QED) is 0.455. The Labute approximate surface area is 176 Å². The van der Waals surface area contributed by atoms with Crippen LogP contribution < -0.4 is 10.1 Å². The van der Waals surface area contributed by atoms with Crippen molar-refractivity contribution in [1.29, 1.82) is 0 Å². The van der Waals surface area contributed by atoms with Gasteiger partial charge in [0, 0.05) is 18.7 Å². The van der Waals surface area contributed by atoms with Crippen LogP contribution in [0.4, 0.5) is 0 Å². The van der Waals surface area contributed by atoms with Gasteiger partial charge in [-0.15, -0.1) is 0 Å². The van der Waals surface area contributed by atoms with E-state index in [2.05, 4.69) is 101 Å². The molecule has 2 heteroatoms. The summed E-state index contributed by atoms with van der Waals surface area (Å²) in [6.07, 6.45) is 1.07. The SMILES string of the molecule is CC(C)CCOc1ccc2ccccc2c1CNCc1ccc(C(C)(C)C)cc1. The first kappa shape index (κ1) is 21.4. The molecule has 0 spiro atoms. The van der Waals surface area contributed by atoms with E-state index in [1.807, 2.05) is 0 Å². The third-order valence-electron chi connectivity index (χ3n) is 5.40. The Morgan fingerprint density at radius 1 is 0.862 bits per heavy atom. The van der Waals surface area contributed by atoms with E-state index in [4.69, 9.17) is 4.74 Å². The van der Waals surface area contributed by atoms with Gasteiger partial charge in [-0.25, -0.2) is 0 Å². The zero-order chi connectivity index (χ0) is 20.9. The molecule has 0 radical (unpaired) electrons. The van der Waals surface area contributed by atoms with Crippen LogP contribution >= 0.6 is 0 Å². The number of benzene rings is 3. The van der Waals surface area contributed by atoms with Crippen molar-refractivity contribution in [2.75, 3.05) is 6.61 Å². The van der Waals surface area contributed by atoms with E-state index in [1.54, 1.807) is 0 Å². The minimum atomic E-state index is 0.192. The van der Waals surface area contributed by atoms with Crippen LogP contribution in [-0.4, -0.2) is 6.61 Å². The van der Waals surface area contributed by atoms with Gasteiger partial charge in [-0.1, -0.05) is 89.2 Å². The van der Waals surface area contributed by atoms with Gasteiger partial charge in [-0.2, -0.15) is 0 Å². The van der Waals surface area contributed by atoms with E-state index < -0.39 is 0 Å². The second kappa shape index (κ2) is 9.45. The molecule has 0 aliphatic heterocycles. The maximum Gasteiger partial charge on any atom is 0.124 e. The molecule has 154 valence electrons. The van der Waals surface area contributed by atoms with Gasteiger partial charge in [-0.3, -0.25) is 0 Å². The minimum absolute atomic E-state index is 0.192. The van der Waals surface area contributed by atoms with Crippen molar-refractivity contribution in [3.8, 4) is 5.75 Å². The van der Waals surface area contributed by atoms with E-state index in [0.717, 1.165) is 31.9 Å². The lowest BCUT2D eigenvalue weighted by molar-refractivity contribution is 0.286. The van der Waals surface area contributed by atoms with E-state index in [0.29, 0.717) is 5.92 Å². The highest BCUT2D eigenvalue weighted by Crippen LogP contribution is 2.29. The van der Waals surface area contributed by atoms with Crippen LogP contribution in [0, 0.1) is 5.92 Å². The molecule has 0 atom stereocenters. The molecule has 0 heterocycles. The molecule has 0 fully saturated rings. The first-order valence-electron chi connectivity index (χ1n) is 10.8. The zero-order valence-electron chi connectivity index (χ0n) is 18.6. The standard InChI is InChI=1S/C27H35NO/c1-20(2)16-17-29-26-15-12-22-8-6-7-9-24(22)25(26)19-28-18-21-10-13-23(14-11-21)27(3,4)5/h6-15,20,28H,16-19H2,1-5H3. The van der Waals surface area contributed by atoms with Gasteiger partial charge < -0.3 is 10.1 Å². The molecule has 0 aliphatic rings. The Morgan fingerprint density at radius 2 is 1.59 bits per heavy atom. The Bertz CT molecular complexity index is 919. The van der Waals surface area contributed by atoms with Gasteiger partial charge in [0.05, 0.1) is 6.61 Å². The van der Waals surface area contributed by atoms with Crippen LogP contribution in [0.3, 0.4) is 0 Å². The Balaban J connectivity index is 1.72. The number of hydrogen-bond acceptors (Lipinski definition) is 2. The van der Waals surface area contributed by atoms with Crippen molar-refractivity contribution >= 4 is 10.8 Å². The second-order valence-electron chi connectivity index (χ2n) is 9.34. The first-order valence-corrected chi connectivity index (χ1v) is 10.8. The summed E-state index contributed by atoms with van der Waals surface area (Å²) in [5.41, 5.74) is 4.12. The largest absolute Gasteiger partial charge is 0.493 e. The fourth-order valence-corrected chi connectivity index (χ4v) is 3.49. The van der Waals surface area contributed by atoms with Gasteiger partial charge in [0.2, 0.25) is 0 Å². The highest BCUT2D eigenvalue weighted by molar-refractivity contribution is 5.87. The summed E-state index contributed by atoms with van der Waals surface area (Å²) in [7, 11) is 0. The molecule has 0 aromatic heterocycles. The predicted octanol–water partition coefficient (Wildman–Crippen LogP) is 6.85. The minimum Gasteiger partial charge on any atom is -0.493 e. The monoisotopic (exact) mass is 389 g/mol. The van der Waals surface area contributed by atoms with Gasteiger partial charge in [0.15, 0.2) is 0 Å². The lowest BCUT2D eigenvalue weighted by Gasteiger charge is -2.19. The summed E-state index contributed by atoms with van der Waals surface area (Å²) in [5, 5.41) is 6.16. The van der Waals surface area contributed by atoms with Crippen LogP contribution in [-0.2, 0) is 18.5 Å². The summed E-state index contributed by atoms with van der Waals surface area (Å²) >= 11 is 0. The smallest absolute Gasteiger partial charge is 0.124 e. The lowest BCUT2D eigenvalue weighted by atomic mass is 9.87. The highest BCUT2D eigenvalue weighted by atomic mass is 16.5. The molecule has 0 saturated heterocycles. The maximum atomic E-state index is 6.17. The van der Waals surface area contributed by atoms with E-state index in [-0.39, 0.29) is 5.41 Å². The summed E-state index contributed by atoms with van der Waals surface area (Å²) in [4.78, 5) is 0. The molecule has 2 nitrogen and oxygen atoms in total. The first-order chi connectivity index (χ1) is 13.8. The number of fused-ring (bicyclic) bond motifs is 1. The van der Waals surface area contributed by atoms with Crippen LogP contribution in [0.2, 0.25) is 0 Å². The van der Waals surface area contributed by atoms with Crippen LogP contribution in [0.5, 0.6) is 5.75 Å². The molecule has 0 amide bonds. The van der Waals surface area contributed by atoms with Crippen molar-refractivity contribution in [3.05, 3.63) is 77.4 Å². The highest BCUT2D eigenvalue weighted by Gasteiger charge is 2.13. The van der Waals surface area contributed by atoms with Gasteiger partial charge in [-0.05, 0) is 45.7 Å². The third kappa shape index (κ3) is 5.83. The predicted molar refractivity (Wildman–Crippen MR) is 125 cm³/mol. The summed E-state index contributed by atoms with van der Waals surface area (Å²) in [6, 6.07) is 21.8. The molecule has 1 N–H and O–H groups in total. The molecule has 3 rings (SSSR count). The Morgan fingerprint density at radius 3 is 2.28 bits per heavy atom. The topological polar surface area (TPSA) is 21.3 Å². The molecule has 0 bridgehead atoms. The normalized spacial score (nSPS) is 11.9. The van der Waals surface area contributed by atoms with Crippen molar-refractivity contribution in [2.45, 2.75) is 59.5 Å². The molecular formula is C27H35NO.